The van der Waals surface area contributed by atoms with Crippen molar-refractivity contribution in [1.82, 2.24) is 10.3 Å². The van der Waals surface area contributed by atoms with E-state index >= 15 is 0 Å². The lowest BCUT2D eigenvalue weighted by Gasteiger charge is -2.13. The van der Waals surface area contributed by atoms with Crippen LogP contribution >= 0.6 is 23.2 Å². The van der Waals surface area contributed by atoms with Crippen LogP contribution in [0.5, 0.6) is 0 Å². The molecule has 1 aromatic carbocycles. The smallest absolute Gasteiger partial charge is 0.252 e. The van der Waals surface area contributed by atoms with Crippen molar-refractivity contribution in [2.75, 3.05) is 6.54 Å². The Morgan fingerprint density at radius 3 is 2.52 bits per heavy atom. The standard InChI is InChI=1S/C15H14Cl2N2O2/c1-9-2-3-10(7-18-9)15(21)19-8-14(20)11-4-12(16)6-13(17)5-11/h2-7,14,20H,8H2,1H3,(H,19,21). The molecule has 4 nitrogen and oxygen atoms in total. The lowest BCUT2D eigenvalue weighted by atomic mass is 10.1. The predicted molar refractivity (Wildman–Crippen MR) is 82.7 cm³/mol. The number of hydrogen-bond acceptors (Lipinski definition) is 3. The van der Waals surface area contributed by atoms with Gasteiger partial charge in [0.1, 0.15) is 0 Å². The molecule has 0 aliphatic carbocycles. The molecule has 1 amide bonds. The van der Waals surface area contributed by atoms with Crippen LogP contribution in [0.4, 0.5) is 0 Å². The van der Waals surface area contributed by atoms with Crippen LogP contribution in [-0.2, 0) is 0 Å². The molecule has 110 valence electrons. The second-order valence-corrected chi connectivity index (χ2v) is 5.49. The Bertz CT molecular complexity index is 624. The second kappa shape index (κ2) is 6.89. The van der Waals surface area contributed by atoms with Crippen molar-refractivity contribution in [2.45, 2.75) is 13.0 Å². The van der Waals surface area contributed by atoms with Crippen LogP contribution in [0.2, 0.25) is 10.0 Å². The number of carbonyl (C=O) groups excluding carboxylic acids is 1. The highest BCUT2D eigenvalue weighted by Gasteiger charge is 2.12. The highest BCUT2D eigenvalue weighted by atomic mass is 35.5. The first-order valence-corrected chi connectivity index (χ1v) is 7.06. The molecule has 0 saturated heterocycles. The minimum atomic E-state index is -0.886. The van der Waals surface area contributed by atoms with Gasteiger partial charge in [0, 0.05) is 28.5 Å². The molecule has 2 aromatic rings. The molecule has 0 saturated carbocycles. The summed E-state index contributed by atoms with van der Waals surface area (Å²) in [6.07, 6.45) is 0.608. The van der Waals surface area contributed by atoms with Crippen LogP contribution < -0.4 is 5.32 Å². The number of pyridine rings is 1. The molecule has 6 heteroatoms. The molecule has 0 aliphatic heterocycles. The Balaban J connectivity index is 1.98. The SMILES string of the molecule is Cc1ccc(C(=O)NCC(O)c2cc(Cl)cc(Cl)c2)cn1. The van der Waals surface area contributed by atoms with E-state index in [1.54, 1.807) is 30.3 Å². The molecular weight excluding hydrogens is 311 g/mol. The first kappa shape index (κ1) is 15.8. The zero-order valence-electron chi connectivity index (χ0n) is 11.3. The monoisotopic (exact) mass is 324 g/mol. The third-order valence-electron chi connectivity index (χ3n) is 2.90. The van der Waals surface area contributed by atoms with Crippen molar-refractivity contribution in [3.8, 4) is 0 Å². The molecule has 0 radical (unpaired) electrons. The van der Waals surface area contributed by atoms with Gasteiger partial charge in [-0.2, -0.15) is 0 Å². The number of hydrogen-bond donors (Lipinski definition) is 2. The fraction of sp³-hybridized carbons (Fsp3) is 0.200. The molecule has 0 bridgehead atoms. The van der Waals surface area contributed by atoms with Gasteiger partial charge in [0.15, 0.2) is 0 Å². The summed E-state index contributed by atoms with van der Waals surface area (Å²) < 4.78 is 0. The van der Waals surface area contributed by atoms with Crippen molar-refractivity contribution in [1.29, 1.82) is 0 Å². The molecule has 2 rings (SSSR count). The van der Waals surface area contributed by atoms with Gasteiger partial charge in [-0.05, 0) is 42.8 Å². The van der Waals surface area contributed by atoms with Gasteiger partial charge in [-0.1, -0.05) is 23.2 Å². The van der Waals surface area contributed by atoms with Gasteiger partial charge >= 0.3 is 0 Å². The Morgan fingerprint density at radius 1 is 1.29 bits per heavy atom. The first-order chi connectivity index (χ1) is 9.95. The summed E-state index contributed by atoms with van der Waals surface area (Å²) in [5.74, 6) is -0.297. The topological polar surface area (TPSA) is 62.2 Å². The maximum atomic E-state index is 11.9. The Morgan fingerprint density at radius 2 is 1.95 bits per heavy atom. The predicted octanol–water partition coefficient (Wildman–Crippen LogP) is 3.16. The molecule has 1 aromatic heterocycles. The Labute approximate surface area is 132 Å². The van der Waals surface area contributed by atoms with E-state index in [-0.39, 0.29) is 12.5 Å². The van der Waals surface area contributed by atoms with Gasteiger partial charge in [0.2, 0.25) is 0 Å². The van der Waals surface area contributed by atoms with Crippen LogP contribution in [-0.4, -0.2) is 22.5 Å². The van der Waals surface area contributed by atoms with Crippen molar-refractivity contribution < 1.29 is 9.90 Å². The third kappa shape index (κ3) is 4.43. The minimum Gasteiger partial charge on any atom is -0.387 e. The van der Waals surface area contributed by atoms with Crippen LogP contribution in [0, 0.1) is 6.92 Å². The van der Waals surface area contributed by atoms with Crippen LogP contribution in [0.1, 0.15) is 27.7 Å². The number of aliphatic hydroxyl groups is 1. The summed E-state index contributed by atoms with van der Waals surface area (Å²) in [7, 11) is 0. The van der Waals surface area contributed by atoms with Crippen LogP contribution in [0.25, 0.3) is 0 Å². The molecule has 0 aliphatic rings. The van der Waals surface area contributed by atoms with Crippen molar-refractivity contribution in [3.63, 3.8) is 0 Å². The molecule has 1 unspecified atom stereocenters. The molecule has 1 heterocycles. The highest BCUT2D eigenvalue weighted by Crippen LogP contribution is 2.23. The molecule has 21 heavy (non-hydrogen) atoms. The normalized spacial score (nSPS) is 12.0. The van der Waals surface area contributed by atoms with Gasteiger partial charge in [0.05, 0.1) is 11.7 Å². The van der Waals surface area contributed by atoms with Crippen LogP contribution in [0.3, 0.4) is 0 Å². The summed E-state index contributed by atoms with van der Waals surface area (Å²) in [6.45, 7) is 1.90. The lowest BCUT2D eigenvalue weighted by Crippen LogP contribution is -2.28. The van der Waals surface area contributed by atoms with E-state index in [9.17, 15) is 9.90 Å². The number of carbonyl (C=O) groups is 1. The number of benzene rings is 1. The number of nitrogens with zero attached hydrogens (tertiary/aromatic N) is 1. The van der Waals surface area contributed by atoms with Gasteiger partial charge in [-0.25, -0.2) is 0 Å². The molecule has 0 fully saturated rings. The fourth-order valence-electron chi connectivity index (χ4n) is 1.78. The Hall–Kier alpha value is -1.62. The van der Waals surface area contributed by atoms with E-state index in [2.05, 4.69) is 10.3 Å². The van der Waals surface area contributed by atoms with Crippen LogP contribution in [0.15, 0.2) is 36.5 Å². The lowest BCUT2D eigenvalue weighted by molar-refractivity contribution is 0.0916. The maximum Gasteiger partial charge on any atom is 0.252 e. The second-order valence-electron chi connectivity index (χ2n) is 4.62. The number of aliphatic hydroxyl groups excluding tert-OH is 1. The fourth-order valence-corrected chi connectivity index (χ4v) is 2.32. The summed E-state index contributed by atoms with van der Waals surface area (Å²) in [6, 6.07) is 8.23. The number of nitrogens with one attached hydrogen (secondary N) is 1. The molecule has 1 atom stereocenters. The molecular formula is C15H14Cl2N2O2. The van der Waals surface area contributed by atoms with E-state index in [1.807, 2.05) is 6.92 Å². The quantitative estimate of drug-likeness (QED) is 0.908. The highest BCUT2D eigenvalue weighted by molar-refractivity contribution is 6.34. The largest absolute Gasteiger partial charge is 0.387 e. The first-order valence-electron chi connectivity index (χ1n) is 6.30. The van der Waals surface area contributed by atoms with Crippen molar-refractivity contribution >= 4 is 29.1 Å². The van der Waals surface area contributed by atoms with E-state index in [1.165, 1.54) is 6.20 Å². The van der Waals surface area contributed by atoms with Gasteiger partial charge in [-0.3, -0.25) is 9.78 Å². The third-order valence-corrected chi connectivity index (χ3v) is 3.34. The van der Waals surface area contributed by atoms with E-state index in [0.29, 0.717) is 21.2 Å². The Kier molecular flexibility index (Phi) is 5.17. The zero-order valence-corrected chi connectivity index (χ0v) is 12.8. The molecule has 0 spiro atoms. The van der Waals surface area contributed by atoms with E-state index in [0.717, 1.165) is 5.69 Å². The number of halogens is 2. The average Bonchev–Trinajstić information content (AvgIpc) is 2.44. The summed E-state index contributed by atoms with van der Waals surface area (Å²) in [5, 5.41) is 13.6. The van der Waals surface area contributed by atoms with Crippen molar-refractivity contribution in [3.05, 3.63) is 63.4 Å². The van der Waals surface area contributed by atoms with E-state index < -0.39 is 6.10 Å². The number of rotatable bonds is 4. The maximum absolute atomic E-state index is 11.9. The van der Waals surface area contributed by atoms with Gasteiger partial charge < -0.3 is 10.4 Å². The van der Waals surface area contributed by atoms with Gasteiger partial charge in [-0.15, -0.1) is 0 Å². The average molecular weight is 325 g/mol. The number of amides is 1. The van der Waals surface area contributed by atoms with Crippen molar-refractivity contribution in [2.24, 2.45) is 0 Å². The summed E-state index contributed by atoms with van der Waals surface area (Å²) in [5.41, 5.74) is 1.83. The van der Waals surface area contributed by atoms with E-state index in [4.69, 9.17) is 23.2 Å². The minimum absolute atomic E-state index is 0.0589. The zero-order chi connectivity index (χ0) is 15.4. The molecule has 2 N–H and O–H groups in total. The number of aryl methyl sites for hydroxylation is 1. The number of aromatic nitrogens is 1. The summed E-state index contributed by atoms with van der Waals surface area (Å²) in [4.78, 5) is 16.0. The van der Waals surface area contributed by atoms with Gasteiger partial charge in [0.25, 0.3) is 5.91 Å². The summed E-state index contributed by atoms with van der Waals surface area (Å²) >= 11 is 11.8.